The van der Waals surface area contributed by atoms with Gasteiger partial charge in [0.25, 0.3) is 0 Å². The minimum Gasteiger partial charge on any atom is -0.385 e. The molecule has 0 bridgehead atoms. The van der Waals surface area contributed by atoms with Crippen LogP contribution in [0.25, 0.3) is 0 Å². The van der Waals surface area contributed by atoms with Crippen LogP contribution in [0.2, 0.25) is 0 Å². The second kappa shape index (κ2) is 14.1. The lowest BCUT2D eigenvalue weighted by atomic mass is 10.1. The molecule has 0 radical (unpaired) electrons. The molecule has 7 heteroatoms. The van der Waals surface area contributed by atoms with Crippen LogP contribution in [0.3, 0.4) is 0 Å². The highest BCUT2D eigenvalue weighted by atomic mass is 127. The van der Waals surface area contributed by atoms with Crippen LogP contribution in [-0.4, -0.2) is 76.6 Å². The van der Waals surface area contributed by atoms with E-state index in [1.165, 1.54) is 12.1 Å². The molecule has 2 heterocycles. The first-order chi connectivity index (χ1) is 14.3. The van der Waals surface area contributed by atoms with E-state index in [9.17, 15) is 0 Å². The van der Waals surface area contributed by atoms with Crippen molar-refractivity contribution in [3.63, 3.8) is 0 Å². The lowest BCUT2D eigenvalue weighted by Gasteiger charge is -2.34. The summed E-state index contributed by atoms with van der Waals surface area (Å²) in [5.41, 5.74) is 1.33. The van der Waals surface area contributed by atoms with E-state index >= 15 is 0 Å². The fourth-order valence-electron chi connectivity index (χ4n) is 4.18. The van der Waals surface area contributed by atoms with Crippen molar-refractivity contribution in [2.45, 2.75) is 38.7 Å². The molecule has 0 saturated carbocycles. The molecule has 3 rings (SSSR count). The third kappa shape index (κ3) is 7.89. The van der Waals surface area contributed by atoms with Gasteiger partial charge in [-0.25, -0.2) is 0 Å². The van der Waals surface area contributed by atoms with Gasteiger partial charge >= 0.3 is 0 Å². The van der Waals surface area contributed by atoms with Gasteiger partial charge in [0.15, 0.2) is 5.96 Å². The maximum absolute atomic E-state index is 6.00. The quantitative estimate of drug-likeness (QED) is 0.229. The number of likely N-dealkylation sites (tertiary alicyclic amines) is 1. The number of benzene rings is 1. The van der Waals surface area contributed by atoms with E-state index in [2.05, 4.69) is 52.4 Å². The fraction of sp³-hybridized carbons (Fsp3) is 0.696. The van der Waals surface area contributed by atoms with E-state index in [4.69, 9.17) is 14.5 Å². The van der Waals surface area contributed by atoms with E-state index in [1.54, 1.807) is 7.11 Å². The average molecular weight is 530 g/mol. The predicted molar refractivity (Wildman–Crippen MR) is 135 cm³/mol. The number of guanidine groups is 1. The second-order valence-electron chi connectivity index (χ2n) is 8.03. The minimum absolute atomic E-state index is 0. The number of halogens is 1. The number of hydrogen-bond acceptors (Lipinski definition) is 4. The van der Waals surface area contributed by atoms with Gasteiger partial charge in [0.2, 0.25) is 0 Å². The van der Waals surface area contributed by atoms with Crippen molar-refractivity contribution < 1.29 is 9.47 Å². The monoisotopic (exact) mass is 530 g/mol. The molecule has 2 aliphatic heterocycles. The number of rotatable bonds is 9. The highest BCUT2D eigenvalue weighted by Gasteiger charge is 2.24. The molecule has 170 valence electrons. The van der Waals surface area contributed by atoms with Crippen LogP contribution in [0.4, 0.5) is 5.69 Å². The number of nitrogens with zero attached hydrogens (tertiary/aromatic N) is 3. The summed E-state index contributed by atoms with van der Waals surface area (Å²) < 4.78 is 11.1. The molecule has 1 atom stereocenters. The molecule has 0 aromatic heterocycles. The third-order valence-corrected chi connectivity index (χ3v) is 5.83. The Morgan fingerprint density at radius 3 is 2.57 bits per heavy atom. The predicted octanol–water partition coefficient (Wildman–Crippen LogP) is 3.61. The molecule has 2 saturated heterocycles. The summed E-state index contributed by atoms with van der Waals surface area (Å²) in [6, 6.07) is 10.7. The summed E-state index contributed by atoms with van der Waals surface area (Å²) in [5.74, 6) is 1.70. The largest absolute Gasteiger partial charge is 0.385 e. The number of anilines is 1. The summed E-state index contributed by atoms with van der Waals surface area (Å²) >= 11 is 0. The molecule has 0 spiro atoms. The summed E-state index contributed by atoms with van der Waals surface area (Å²) in [5, 5.41) is 3.50. The standard InChI is InChI=1S/C23H38N4O2.HI/c1-3-24-23(26-14-11-22(12-15-26)29-17-7-16-28-2)25-18-20-10-13-27(19-20)21-8-5-4-6-9-21;/h4-6,8-9,20,22H,3,7,10-19H2,1-2H3,(H,24,25);1H. The molecule has 2 aliphatic rings. The van der Waals surface area contributed by atoms with Crippen LogP contribution >= 0.6 is 24.0 Å². The molecule has 1 N–H and O–H groups in total. The van der Waals surface area contributed by atoms with Crippen LogP contribution in [0.15, 0.2) is 35.3 Å². The van der Waals surface area contributed by atoms with Gasteiger partial charge in [0.1, 0.15) is 0 Å². The van der Waals surface area contributed by atoms with Crippen LogP contribution in [-0.2, 0) is 9.47 Å². The Kier molecular flexibility index (Phi) is 11.8. The Morgan fingerprint density at radius 2 is 1.87 bits per heavy atom. The lowest BCUT2D eigenvalue weighted by Crippen LogP contribution is -2.47. The molecular formula is C23H39IN4O2. The van der Waals surface area contributed by atoms with Gasteiger partial charge in [0.05, 0.1) is 6.10 Å². The first-order valence-corrected chi connectivity index (χ1v) is 11.2. The first-order valence-electron chi connectivity index (χ1n) is 11.2. The Hall–Kier alpha value is -1.06. The van der Waals surface area contributed by atoms with Crippen LogP contribution < -0.4 is 10.2 Å². The SMILES string of the molecule is CCNC(=NCC1CCN(c2ccccc2)C1)N1CCC(OCCCOC)CC1.I. The van der Waals surface area contributed by atoms with E-state index in [-0.39, 0.29) is 24.0 Å². The number of para-hydroxylation sites is 1. The highest BCUT2D eigenvalue weighted by Crippen LogP contribution is 2.23. The molecule has 0 amide bonds. The summed E-state index contributed by atoms with van der Waals surface area (Å²) in [7, 11) is 1.74. The summed E-state index contributed by atoms with van der Waals surface area (Å²) in [6.07, 6.45) is 4.71. The molecule has 0 aliphatic carbocycles. The smallest absolute Gasteiger partial charge is 0.193 e. The molecule has 1 unspecified atom stereocenters. The Labute approximate surface area is 199 Å². The van der Waals surface area contributed by atoms with E-state index in [0.29, 0.717) is 12.0 Å². The van der Waals surface area contributed by atoms with Crippen LogP contribution in [0.5, 0.6) is 0 Å². The van der Waals surface area contributed by atoms with Crippen molar-refractivity contribution in [3.8, 4) is 0 Å². The zero-order valence-electron chi connectivity index (χ0n) is 18.6. The molecule has 1 aromatic carbocycles. The Balaban J connectivity index is 0.00000320. The van der Waals surface area contributed by atoms with E-state index in [1.807, 2.05) is 0 Å². The topological polar surface area (TPSA) is 49.3 Å². The van der Waals surface area contributed by atoms with E-state index in [0.717, 1.165) is 77.7 Å². The molecule has 2 fully saturated rings. The third-order valence-electron chi connectivity index (χ3n) is 5.83. The normalized spacial score (nSPS) is 20.3. The number of aliphatic imine (C=N–C) groups is 1. The van der Waals surface area contributed by atoms with Crippen molar-refractivity contribution >= 4 is 35.6 Å². The molecule has 1 aromatic rings. The fourth-order valence-corrected chi connectivity index (χ4v) is 4.18. The van der Waals surface area contributed by atoms with Gasteiger partial charge in [-0.3, -0.25) is 4.99 Å². The van der Waals surface area contributed by atoms with Gasteiger partial charge < -0.3 is 24.6 Å². The number of ether oxygens (including phenoxy) is 2. The highest BCUT2D eigenvalue weighted by molar-refractivity contribution is 14.0. The number of hydrogen-bond donors (Lipinski definition) is 1. The van der Waals surface area contributed by atoms with Crippen molar-refractivity contribution in [2.75, 3.05) is 64.5 Å². The van der Waals surface area contributed by atoms with Gasteiger partial charge in [-0.15, -0.1) is 24.0 Å². The Bertz CT molecular complexity index is 608. The van der Waals surface area contributed by atoms with Crippen molar-refractivity contribution in [1.29, 1.82) is 0 Å². The number of piperidine rings is 1. The minimum atomic E-state index is 0. The maximum atomic E-state index is 6.00. The van der Waals surface area contributed by atoms with Gasteiger partial charge in [-0.05, 0) is 50.7 Å². The zero-order valence-corrected chi connectivity index (χ0v) is 20.9. The van der Waals surface area contributed by atoms with Crippen molar-refractivity contribution in [1.82, 2.24) is 10.2 Å². The van der Waals surface area contributed by atoms with Crippen molar-refractivity contribution in [2.24, 2.45) is 10.9 Å². The number of methoxy groups -OCH3 is 1. The zero-order chi connectivity index (χ0) is 20.3. The van der Waals surface area contributed by atoms with Crippen molar-refractivity contribution in [3.05, 3.63) is 30.3 Å². The summed E-state index contributed by atoms with van der Waals surface area (Å²) in [4.78, 5) is 9.90. The van der Waals surface area contributed by atoms with Gasteiger partial charge in [0, 0.05) is 65.3 Å². The van der Waals surface area contributed by atoms with Gasteiger partial charge in [-0.2, -0.15) is 0 Å². The lowest BCUT2D eigenvalue weighted by molar-refractivity contribution is 0.00990. The molecule has 30 heavy (non-hydrogen) atoms. The second-order valence-corrected chi connectivity index (χ2v) is 8.03. The van der Waals surface area contributed by atoms with Crippen LogP contribution in [0, 0.1) is 5.92 Å². The van der Waals surface area contributed by atoms with Gasteiger partial charge in [-0.1, -0.05) is 18.2 Å². The summed E-state index contributed by atoms with van der Waals surface area (Å²) in [6.45, 7) is 9.80. The maximum Gasteiger partial charge on any atom is 0.193 e. The van der Waals surface area contributed by atoms with E-state index < -0.39 is 0 Å². The number of nitrogens with one attached hydrogen (secondary N) is 1. The first kappa shape index (κ1) is 25.2. The van der Waals surface area contributed by atoms with Crippen LogP contribution in [0.1, 0.15) is 32.6 Å². The molecular weight excluding hydrogens is 491 g/mol. The Morgan fingerprint density at radius 1 is 1.10 bits per heavy atom. The average Bonchev–Trinajstić information content (AvgIpc) is 3.24. The molecule has 6 nitrogen and oxygen atoms in total.